The number of aromatic nitrogens is 2. The molecule has 0 saturated heterocycles. The van der Waals surface area contributed by atoms with E-state index in [9.17, 15) is 19.1 Å². The number of nitrogens with two attached hydrogens (primary N) is 1. The van der Waals surface area contributed by atoms with Gasteiger partial charge in [-0.3, -0.25) is 4.79 Å². The van der Waals surface area contributed by atoms with Crippen molar-refractivity contribution in [3.63, 3.8) is 0 Å². The van der Waals surface area contributed by atoms with Crippen molar-refractivity contribution in [2.45, 2.75) is 38.6 Å². The van der Waals surface area contributed by atoms with Gasteiger partial charge in [-0.25, -0.2) is 14.2 Å². The molecule has 8 heteroatoms. The number of benzene rings is 1. The SMILES string of the molecule is CC[C@@]1(O)C(=O)OCc2c1cc1n(c2=O)Cc2c-1nc1cc(F)ccc1c2CN. The van der Waals surface area contributed by atoms with Crippen molar-refractivity contribution < 1.29 is 19.0 Å². The number of ether oxygens (including phenoxy) is 1. The van der Waals surface area contributed by atoms with Crippen LogP contribution in [0.3, 0.4) is 0 Å². The van der Waals surface area contributed by atoms with E-state index in [2.05, 4.69) is 4.98 Å². The van der Waals surface area contributed by atoms with Gasteiger partial charge in [0.2, 0.25) is 0 Å². The number of esters is 1. The minimum absolute atomic E-state index is 0.0684. The molecule has 0 fully saturated rings. The van der Waals surface area contributed by atoms with Crippen LogP contribution in [0, 0.1) is 5.82 Å². The molecule has 1 atom stereocenters. The molecule has 29 heavy (non-hydrogen) atoms. The van der Waals surface area contributed by atoms with E-state index in [4.69, 9.17) is 10.5 Å². The number of aliphatic hydroxyl groups is 1. The topological polar surface area (TPSA) is 107 Å². The molecule has 2 aromatic heterocycles. The zero-order valence-corrected chi connectivity index (χ0v) is 15.7. The number of hydrogen-bond acceptors (Lipinski definition) is 6. The molecule has 148 valence electrons. The van der Waals surface area contributed by atoms with Crippen LogP contribution >= 0.6 is 0 Å². The van der Waals surface area contributed by atoms with Crippen LogP contribution in [0.4, 0.5) is 4.39 Å². The molecule has 0 bridgehead atoms. The van der Waals surface area contributed by atoms with Crippen LogP contribution in [0.25, 0.3) is 22.3 Å². The van der Waals surface area contributed by atoms with Crippen molar-refractivity contribution in [3.8, 4) is 11.4 Å². The molecule has 0 saturated carbocycles. The number of cyclic esters (lactones) is 1. The van der Waals surface area contributed by atoms with Gasteiger partial charge >= 0.3 is 5.97 Å². The fourth-order valence-electron chi connectivity index (χ4n) is 4.37. The van der Waals surface area contributed by atoms with Gasteiger partial charge < -0.3 is 20.1 Å². The second kappa shape index (κ2) is 5.95. The standard InChI is InChI=1S/C21H18FN3O4/c1-2-21(28)15-6-17-18-13(8-25(17)19(26)14(15)9-29-20(21)27)12(7-23)11-4-3-10(22)5-16(11)24-18/h3-6,28H,2,7-9,23H2,1H3/t21-/m0/s1. The highest BCUT2D eigenvalue weighted by molar-refractivity contribution is 5.89. The minimum Gasteiger partial charge on any atom is -0.458 e. The fraction of sp³-hybridized carbons (Fsp3) is 0.286. The highest BCUT2D eigenvalue weighted by Crippen LogP contribution is 2.40. The maximum atomic E-state index is 13.8. The van der Waals surface area contributed by atoms with Crippen LogP contribution in [-0.2, 0) is 34.8 Å². The van der Waals surface area contributed by atoms with Crippen LogP contribution in [0.1, 0.15) is 35.6 Å². The van der Waals surface area contributed by atoms with Crippen molar-refractivity contribution in [2.24, 2.45) is 5.73 Å². The molecule has 0 radical (unpaired) electrons. The third-order valence-electron chi connectivity index (χ3n) is 5.97. The molecule has 4 heterocycles. The number of rotatable bonds is 2. The van der Waals surface area contributed by atoms with Crippen molar-refractivity contribution in [1.82, 2.24) is 9.55 Å². The van der Waals surface area contributed by atoms with Crippen molar-refractivity contribution >= 4 is 16.9 Å². The van der Waals surface area contributed by atoms with Gasteiger partial charge in [-0.1, -0.05) is 6.92 Å². The lowest BCUT2D eigenvalue weighted by molar-refractivity contribution is -0.172. The molecule has 0 amide bonds. The Morgan fingerprint density at radius 2 is 2.10 bits per heavy atom. The quantitative estimate of drug-likeness (QED) is 0.500. The average molecular weight is 395 g/mol. The first-order valence-electron chi connectivity index (χ1n) is 9.37. The van der Waals surface area contributed by atoms with Gasteiger partial charge in [0.15, 0.2) is 5.60 Å². The summed E-state index contributed by atoms with van der Waals surface area (Å²) in [5.41, 5.74) is 7.29. The summed E-state index contributed by atoms with van der Waals surface area (Å²) in [7, 11) is 0. The number of carbonyl (C=O) groups is 1. The molecule has 2 aliphatic rings. The second-order valence-corrected chi connectivity index (χ2v) is 7.39. The number of nitrogens with zero attached hydrogens (tertiary/aromatic N) is 2. The molecular formula is C21H18FN3O4. The van der Waals surface area contributed by atoms with Crippen LogP contribution in [0.15, 0.2) is 29.1 Å². The van der Waals surface area contributed by atoms with Gasteiger partial charge in [0.25, 0.3) is 5.56 Å². The van der Waals surface area contributed by atoms with E-state index in [1.54, 1.807) is 23.6 Å². The van der Waals surface area contributed by atoms with E-state index in [0.717, 1.165) is 16.5 Å². The molecule has 2 aliphatic heterocycles. The van der Waals surface area contributed by atoms with Crippen LogP contribution in [0.5, 0.6) is 0 Å². The maximum absolute atomic E-state index is 13.8. The lowest BCUT2D eigenvalue weighted by Crippen LogP contribution is -2.44. The average Bonchev–Trinajstić information content (AvgIpc) is 3.08. The van der Waals surface area contributed by atoms with Gasteiger partial charge in [0.1, 0.15) is 12.4 Å². The van der Waals surface area contributed by atoms with Gasteiger partial charge in [-0.2, -0.15) is 0 Å². The third kappa shape index (κ3) is 2.27. The third-order valence-corrected chi connectivity index (χ3v) is 5.97. The minimum atomic E-state index is -1.88. The first kappa shape index (κ1) is 18.0. The van der Waals surface area contributed by atoms with E-state index in [-0.39, 0.29) is 42.8 Å². The summed E-state index contributed by atoms with van der Waals surface area (Å²) in [4.78, 5) is 30.0. The largest absolute Gasteiger partial charge is 0.458 e. The predicted molar refractivity (Wildman–Crippen MR) is 102 cm³/mol. The van der Waals surface area contributed by atoms with Crippen LogP contribution < -0.4 is 11.3 Å². The van der Waals surface area contributed by atoms with E-state index >= 15 is 0 Å². The predicted octanol–water partition coefficient (Wildman–Crippen LogP) is 1.68. The highest BCUT2D eigenvalue weighted by atomic mass is 19.1. The summed E-state index contributed by atoms with van der Waals surface area (Å²) in [5.74, 6) is -1.19. The molecule has 3 aromatic rings. The van der Waals surface area contributed by atoms with Gasteiger partial charge in [0.05, 0.1) is 29.0 Å². The maximum Gasteiger partial charge on any atom is 0.343 e. The zero-order valence-electron chi connectivity index (χ0n) is 15.7. The molecule has 0 unspecified atom stereocenters. The Labute approximate surface area is 164 Å². The van der Waals surface area contributed by atoms with Gasteiger partial charge in [-0.05, 0) is 30.2 Å². The van der Waals surface area contributed by atoms with E-state index < -0.39 is 17.4 Å². The van der Waals surface area contributed by atoms with E-state index in [1.165, 1.54) is 12.1 Å². The highest BCUT2D eigenvalue weighted by Gasteiger charge is 2.45. The normalized spacial score (nSPS) is 19.7. The summed E-state index contributed by atoms with van der Waals surface area (Å²) in [6.45, 7) is 1.94. The summed E-state index contributed by atoms with van der Waals surface area (Å²) in [6.07, 6.45) is 0.0684. The van der Waals surface area contributed by atoms with Gasteiger partial charge in [-0.15, -0.1) is 0 Å². The van der Waals surface area contributed by atoms with E-state index in [1.807, 2.05) is 0 Å². The zero-order chi connectivity index (χ0) is 20.5. The first-order chi connectivity index (χ1) is 13.9. The summed E-state index contributed by atoms with van der Waals surface area (Å²) < 4.78 is 20.4. The van der Waals surface area contributed by atoms with Crippen molar-refractivity contribution in [1.29, 1.82) is 0 Å². The molecule has 0 spiro atoms. The Bertz CT molecular complexity index is 1280. The number of halogens is 1. The smallest absolute Gasteiger partial charge is 0.343 e. The number of fused-ring (bicyclic) bond motifs is 5. The number of pyridine rings is 2. The number of hydrogen-bond donors (Lipinski definition) is 2. The first-order valence-corrected chi connectivity index (χ1v) is 9.37. The Kier molecular flexibility index (Phi) is 3.68. The number of carbonyl (C=O) groups excluding carboxylic acids is 1. The summed E-state index contributed by atoms with van der Waals surface area (Å²) in [5, 5.41) is 11.6. The molecular weight excluding hydrogens is 377 g/mol. The molecule has 3 N–H and O–H groups in total. The monoisotopic (exact) mass is 395 g/mol. The Balaban J connectivity index is 1.84. The van der Waals surface area contributed by atoms with Crippen molar-refractivity contribution in [3.05, 3.63) is 62.7 Å². The Morgan fingerprint density at radius 3 is 2.83 bits per heavy atom. The lowest BCUT2D eigenvalue weighted by atomic mass is 9.86. The summed E-state index contributed by atoms with van der Waals surface area (Å²) >= 11 is 0. The lowest BCUT2D eigenvalue weighted by Gasteiger charge is -2.31. The van der Waals surface area contributed by atoms with Crippen LogP contribution in [-0.4, -0.2) is 20.6 Å². The molecule has 7 nitrogen and oxygen atoms in total. The molecule has 0 aliphatic carbocycles. The second-order valence-electron chi connectivity index (χ2n) is 7.39. The molecule has 5 rings (SSSR count). The molecule has 1 aromatic carbocycles. The fourth-order valence-corrected chi connectivity index (χ4v) is 4.37. The Hall–Kier alpha value is -3.10. The summed E-state index contributed by atoms with van der Waals surface area (Å²) in [6, 6.07) is 5.95. The van der Waals surface area contributed by atoms with Crippen molar-refractivity contribution in [2.75, 3.05) is 0 Å². The Morgan fingerprint density at radius 1 is 1.31 bits per heavy atom. The van der Waals surface area contributed by atoms with Gasteiger partial charge in [0, 0.05) is 29.1 Å². The van der Waals surface area contributed by atoms with Crippen LogP contribution in [0.2, 0.25) is 0 Å². The van der Waals surface area contributed by atoms with E-state index in [0.29, 0.717) is 16.9 Å².